The smallest absolute Gasteiger partial charge is 0.416 e. The molecule has 2 aromatic rings. The fourth-order valence-electron chi connectivity index (χ4n) is 7.23. The third kappa shape index (κ3) is 5.37. The molecule has 1 unspecified atom stereocenters. The Morgan fingerprint density at radius 3 is 2.77 bits per heavy atom. The zero-order chi connectivity index (χ0) is 30.4. The molecule has 4 aliphatic rings. The molecule has 0 radical (unpaired) electrons. The maximum Gasteiger partial charge on any atom is 0.416 e. The maximum absolute atomic E-state index is 14.2. The zero-order valence-corrected chi connectivity index (χ0v) is 24.2. The number of benzene rings is 1. The average Bonchev–Trinajstić information content (AvgIpc) is 3.56. The van der Waals surface area contributed by atoms with Gasteiger partial charge in [-0.05, 0) is 56.5 Å². The molecule has 2 fully saturated rings. The van der Waals surface area contributed by atoms with Crippen LogP contribution in [0, 0.1) is 11.3 Å². The van der Waals surface area contributed by atoms with Crippen LogP contribution in [0.25, 0.3) is 5.57 Å². The summed E-state index contributed by atoms with van der Waals surface area (Å²) in [6, 6.07) is 9.08. The van der Waals surface area contributed by atoms with E-state index >= 15 is 0 Å². The lowest BCUT2D eigenvalue weighted by atomic mass is 9.70. The van der Waals surface area contributed by atoms with Crippen LogP contribution in [0.1, 0.15) is 48.1 Å². The van der Waals surface area contributed by atoms with Crippen molar-refractivity contribution in [3.63, 3.8) is 0 Å². The molecule has 6 rings (SSSR count). The highest BCUT2D eigenvalue weighted by atomic mass is 19.4. The maximum atomic E-state index is 14.2. The molecule has 1 aromatic carbocycles. The van der Waals surface area contributed by atoms with Gasteiger partial charge in [-0.15, -0.1) is 0 Å². The van der Waals surface area contributed by atoms with E-state index in [1.807, 2.05) is 0 Å². The highest BCUT2D eigenvalue weighted by Crippen LogP contribution is 2.53. The van der Waals surface area contributed by atoms with Gasteiger partial charge in [0.1, 0.15) is 12.4 Å². The Labute approximate surface area is 249 Å². The van der Waals surface area contributed by atoms with E-state index in [0.29, 0.717) is 62.6 Å². The first-order valence-corrected chi connectivity index (χ1v) is 14.8. The van der Waals surface area contributed by atoms with Crippen LogP contribution in [0.5, 0.6) is 6.01 Å². The van der Waals surface area contributed by atoms with E-state index in [4.69, 9.17) is 14.7 Å². The molecule has 2 aliphatic carbocycles. The number of hydrogen-bond donors (Lipinski definition) is 0. The number of nitriles is 1. The van der Waals surface area contributed by atoms with Crippen LogP contribution in [0.2, 0.25) is 0 Å². The monoisotopic (exact) mass is 592 g/mol. The number of likely N-dealkylation sites (tertiary alicyclic amines) is 1. The van der Waals surface area contributed by atoms with Gasteiger partial charge < -0.3 is 19.4 Å². The number of aromatic nitrogens is 2. The van der Waals surface area contributed by atoms with Gasteiger partial charge in [-0.2, -0.15) is 28.4 Å². The van der Waals surface area contributed by atoms with Crippen molar-refractivity contribution < 1.29 is 22.7 Å². The van der Waals surface area contributed by atoms with Crippen molar-refractivity contribution in [1.82, 2.24) is 19.8 Å². The summed E-state index contributed by atoms with van der Waals surface area (Å²) in [6.07, 6.45) is 1.72. The van der Waals surface area contributed by atoms with Crippen molar-refractivity contribution in [3.8, 4) is 12.1 Å². The van der Waals surface area contributed by atoms with Gasteiger partial charge in [-0.25, -0.2) is 0 Å². The number of alkyl halides is 3. The first kappa shape index (κ1) is 29.2. The number of carbonyl (C=O) groups excluding carboxylic acids is 1. The number of anilines is 1. The second-order valence-corrected chi connectivity index (χ2v) is 12.0. The standard InChI is InChI=1S/C32H35F3N6O2/c1-3-28(42)41-16-15-40(19-21(41)11-13-36)29-24-10-12-31(17-26(32(33,34)35)23-8-4-5-9-25(23)31)18-27(24)37-30(38-29)43-20-22-7-6-14-39(22)2/h3-5,8-9,17,21-22H,1,6-7,10-12,14-16,18-20H2,2H3/t21-,22-,31?/m0/s1. The lowest BCUT2D eigenvalue weighted by Gasteiger charge is -2.42. The van der Waals surface area contributed by atoms with Crippen molar-refractivity contribution in [2.45, 2.75) is 62.2 Å². The summed E-state index contributed by atoms with van der Waals surface area (Å²) >= 11 is 0. The Kier molecular flexibility index (Phi) is 7.67. The van der Waals surface area contributed by atoms with E-state index in [-0.39, 0.29) is 36.0 Å². The number of rotatable bonds is 6. The molecule has 1 spiro atoms. The fraction of sp³-hybridized carbons (Fsp3) is 0.500. The van der Waals surface area contributed by atoms with Crippen LogP contribution in [0.3, 0.4) is 0 Å². The van der Waals surface area contributed by atoms with Crippen molar-refractivity contribution in [1.29, 1.82) is 5.26 Å². The number of carbonyl (C=O) groups is 1. The normalized spacial score (nSPS) is 25.2. The number of piperazine rings is 1. The van der Waals surface area contributed by atoms with E-state index < -0.39 is 17.2 Å². The van der Waals surface area contributed by atoms with Gasteiger partial charge in [0, 0.05) is 43.1 Å². The third-order valence-electron chi connectivity index (χ3n) is 9.48. The second-order valence-electron chi connectivity index (χ2n) is 12.0. The SMILES string of the molecule is C=CC(=O)N1CCN(c2nc(OC[C@@H]3CCCN3C)nc3c2CCC2(C=C(C(F)(F)F)c4ccccc42)C3)C[C@@H]1CC#N. The Bertz CT molecular complexity index is 1500. The van der Waals surface area contributed by atoms with Gasteiger partial charge in [0.15, 0.2) is 0 Å². The molecule has 1 aromatic heterocycles. The summed E-state index contributed by atoms with van der Waals surface area (Å²) < 4.78 is 48.7. The minimum Gasteiger partial charge on any atom is -0.462 e. The molecule has 2 aliphatic heterocycles. The molecule has 0 N–H and O–H groups in total. The van der Waals surface area contributed by atoms with Gasteiger partial charge in [0.05, 0.1) is 29.8 Å². The molecule has 3 atom stereocenters. The minimum atomic E-state index is -4.46. The number of allylic oxidation sites excluding steroid dienone is 2. The predicted molar refractivity (Wildman–Crippen MR) is 155 cm³/mol. The average molecular weight is 593 g/mol. The van der Waals surface area contributed by atoms with Crippen molar-refractivity contribution in [2.24, 2.45) is 0 Å². The van der Waals surface area contributed by atoms with Crippen LogP contribution >= 0.6 is 0 Å². The fourth-order valence-corrected chi connectivity index (χ4v) is 7.23. The highest BCUT2D eigenvalue weighted by Gasteiger charge is 2.49. The van der Waals surface area contributed by atoms with Crippen molar-refractivity contribution in [2.75, 3.05) is 44.7 Å². The van der Waals surface area contributed by atoms with Crippen LogP contribution in [-0.4, -0.2) is 83.8 Å². The van der Waals surface area contributed by atoms with Crippen LogP contribution < -0.4 is 9.64 Å². The van der Waals surface area contributed by atoms with Crippen LogP contribution in [0.15, 0.2) is 43.0 Å². The molecule has 11 heteroatoms. The summed E-state index contributed by atoms with van der Waals surface area (Å²) in [5, 5.41) is 9.49. The minimum absolute atomic E-state index is 0.158. The Hall–Kier alpha value is -3.91. The number of hydrogen-bond acceptors (Lipinski definition) is 7. The molecule has 8 nitrogen and oxygen atoms in total. The van der Waals surface area contributed by atoms with E-state index in [1.165, 1.54) is 12.2 Å². The first-order valence-electron chi connectivity index (χ1n) is 14.8. The van der Waals surface area contributed by atoms with Gasteiger partial charge >= 0.3 is 12.2 Å². The summed E-state index contributed by atoms with van der Waals surface area (Å²) in [6.45, 7) is 6.29. The molecule has 3 heterocycles. The number of amides is 1. The first-order chi connectivity index (χ1) is 20.6. The van der Waals surface area contributed by atoms with Gasteiger partial charge in [-0.1, -0.05) is 36.9 Å². The summed E-state index contributed by atoms with van der Waals surface area (Å²) in [5.41, 5.74) is 1.05. The molecule has 226 valence electrons. The number of halogens is 3. The van der Waals surface area contributed by atoms with Crippen LogP contribution in [0.4, 0.5) is 19.0 Å². The van der Waals surface area contributed by atoms with E-state index in [1.54, 1.807) is 29.2 Å². The molecular weight excluding hydrogens is 557 g/mol. The summed E-state index contributed by atoms with van der Waals surface area (Å²) in [7, 11) is 2.06. The molecule has 0 bridgehead atoms. The molecule has 0 saturated carbocycles. The Balaban J connectivity index is 1.38. The largest absolute Gasteiger partial charge is 0.462 e. The van der Waals surface area contributed by atoms with Crippen molar-refractivity contribution >= 4 is 17.3 Å². The van der Waals surface area contributed by atoms with E-state index in [9.17, 15) is 23.2 Å². The zero-order valence-electron chi connectivity index (χ0n) is 24.2. The number of fused-ring (bicyclic) bond motifs is 3. The Morgan fingerprint density at radius 2 is 2.05 bits per heavy atom. The number of ether oxygens (including phenoxy) is 1. The van der Waals surface area contributed by atoms with E-state index in [0.717, 1.165) is 24.9 Å². The summed E-state index contributed by atoms with van der Waals surface area (Å²) in [4.78, 5) is 28.2. The number of likely N-dealkylation sites (N-methyl/N-ethyl adjacent to an activating group) is 1. The van der Waals surface area contributed by atoms with Gasteiger partial charge in [-0.3, -0.25) is 4.79 Å². The Morgan fingerprint density at radius 1 is 1.23 bits per heavy atom. The van der Waals surface area contributed by atoms with Gasteiger partial charge in [0.25, 0.3) is 0 Å². The van der Waals surface area contributed by atoms with Gasteiger partial charge in [0.2, 0.25) is 5.91 Å². The van der Waals surface area contributed by atoms with Crippen LogP contribution in [-0.2, 0) is 23.1 Å². The lowest BCUT2D eigenvalue weighted by Crippen LogP contribution is -2.55. The molecule has 43 heavy (non-hydrogen) atoms. The topological polar surface area (TPSA) is 85.6 Å². The molecule has 1 amide bonds. The summed E-state index contributed by atoms with van der Waals surface area (Å²) in [5.74, 6) is 0.456. The highest BCUT2D eigenvalue weighted by molar-refractivity contribution is 5.87. The second kappa shape index (κ2) is 11.3. The molecular formula is C32H35F3N6O2. The predicted octanol–water partition coefficient (Wildman–Crippen LogP) is 4.45. The third-order valence-corrected chi connectivity index (χ3v) is 9.48. The van der Waals surface area contributed by atoms with Crippen molar-refractivity contribution in [3.05, 3.63) is 65.4 Å². The molecule has 2 saturated heterocycles. The quantitative estimate of drug-likeness (QED) is 0.458. The number of nitrogens with zero attached hydrogens (tertiary/aromatic N) is 6. The van der Waals surface area contributed by atoms with E-state index in [2.05, 4.69) is 29.5 Å². The lowest BCUT2D eigenvalue weighted by molar-refractivity contribution is -0.128.